The molecule has 0 aliphatic heterocycles. The van der Waals surface area contributed by atoms with Gasteiger partial charge < -0.3 is 4.74 Å². The molecule has 1 aromatic rings. The summed E-state index contributed by atoms with van der Waals surface area (Å²) in [6.45, 7) is 6.45. The molecule has 15 heavy (non-hydrogen) atoms. The Morgan fingerprint density at radius 1 is 1.47 bits per heavy atom. The molecule has 0 unspecified atom stereocenters. The van der Waals surface area contributed by atoms with E-state index < -0.39 is 0 Å². The van der Waals surface area contributed by atoms with Gasteiger partial charge in [-0.05, 0) is 36.6 Å². The second-order valence-electron chi connectivity index (χ2n) is 3.33. The van der Waals surface area contributed by atoms with Crippen LogP contribution in [0.5, 0.6) is 5.75 Å². The summed E-state index contributed by atoms with van der Waals surface area (Å²) in [7, 11) is 0. The van der Waals surface area contributed by atoms with Gasteiger partial charge in [-0.2, -0.15) is 0 Å². The summed E-state index contributed by atoms with van der Waals surface area (Å²) in [5.74, 6) is 0.849. The van der Waals surface area contributed by atoms with Crippen molar-refractivity contribution in [1.82, 2.24) is 0 Å². The Morgan fingerprint density at radius 2 is 2.27 bits per heavy atom. The molecule has 80 valence electrons. The smallest absolute Gasteiger partial charge is 0.150 e. The molecule has 0 radical (unpaired) electrons. The maximum atomic E-state index is 10.6. The fourth-order valence-electron chi connectivity index (χ4n) is 1.34. The van der Waals surface area contributed by atoms with Gasteiger partial charge in [-0.1, -0.05) is 13.0 Å². The van der Waals surface area contributed by atoms with Crippen LogP contribution >= 0.6 is 0 Å². The predicted molar refractivity (Wildman–Crippen MR) is 61.5 cm³/mol. The Balaban J connectivity index is 2.91. The largest absolute Gasteiger partial charge is 0.493 e. The monoisotopic (exact) mass is 204 g/mol. The summed E-state index contributed by atoms with van der Waals surface area (Å²) >= 11 is 0. The lowest BCUT2D eigenvalue weighted by atomic mass is 10.1. The normalized spacial score (nSPS) is 9.67. The molecule has 0 saturated carbocycles. The van der Waals surface area contributed by atoms with Crippen LogP contribution in [0.4, 0.5) is 0 Å². The molecule has 2 nitrogen and oxygen atoms in total. The Hall–Kier alpha value is -1.57. The summed E-state index contributed by atoms with van der Waals surface area (Å²) in [5.41, 5.74) is 1.69. The van der Waals surface area contributed by atoms with Gasteiger partial charge in [0.25, 0.3) is 0 Å². The molecule has 0 fully saturated rings. The molecule has 1 aromatic carbocycles. The number of carbonyl (C=O) groups excluding carboxylic acids is 1. The number of aldehydes is 1. The SMILES string of the molecule is C=CCc1cc(C=O)ccc1OCCC. The molecular weight excluding hydrogens is 188 g/mol. The zero-order valence-corrected chi connectivity index (χ0v) is 9.03. The van der Waals surface area contributed by atoms with Gasteiger partial charge in [0.15, 0.2) is 0 Å². The molecule has 1 rings (SSSR count). The van der Waals surface area contributed by atoms with Gasteiger partial charge in [-0.3, -0.25) is 4.79 Å². The Labute approximate surface area is 90.6 Å². The molecule has 0 bridgehead atoms. The lowest BCUT2D eigenvalue weighted by Gasteiger charge is -2.09. The van der Waals surface area contributed by atoms with Crippen molar-refractivity contribution in [1.29, 1.82) is 0 Å². The lowest BCUT2D eigenvalue weighted by Crippen LogP contribution is -1.99. The number of ether oxygens (including phenoxy) is 1. The van der Waals surface area contributed by atoms with Crippen LogP contribution in [0.2, 0.25) is 0 Å². The standard InChI is InChI=1S/C13H16O2/c1-3-5-12-9-11(10-14)6-7-13(12)15-8-4-2/h3,6-7,9-10H,1,4-5,8H2,2H3. The highest BCUT2D eigenvalue weighted by Crippen LogP contribution is 2.20. The zero-order valence-electron chi connectivity index (χ0n) is 9.03. The van der Waals surface area contributed by atoms with Crippen molar-refractivity contribution in [2.75, 3.05) is 6.61 Å². The number of carbonyl (C=O) groups is 1. The second-order valence-corrected chi connectivity index (χ2v) is 3.33. The van der Waals surface area contributed by atoms with E-state index in [1.54, 1.807) is 6.07 Å². The topological polar surface area (TPSA) is 26.3 Å². The number of allylic oxidation sites excluding steroid dienone is 1. The van der Waals surface area contributed by atoms with E-state index in [9.17, 15) is 4.79 Å². The lowest BCUT2D eigenvalue weighted by molar-refractivity contribution is 0.112. The molecule has 0 aliphatic rings. The number of hydrogen-bond acceptors (Lipinski definition) is 2. The van der Waals surface area contributed by atoms with Crippen molar-refractivity contribution < 1.29 is 9.53 Å². The number of rotatable bonds is 6. The molecular formula is C13H16O2. The first-order valence-corrected chi connectivity index (χ1v) is 5.13. The highest BCUT2D eigenvalue weighted by molar-refractivity contribution is 5.75. The van der Waals surface area contributed by atoms with Gasteiger partial charge >= 0.3 is 0 Å². The minimum atomic E-state index is 0.677. The summed E-state index contributed by atoms with van der Waals surface area (Å²) in [6, 6.07) is 5.46. The fraction of sp³-hybridized carbons (Fsp3) is 0.308. The fourth-order valence-corrected chi connectivity index (χ4v) is 1.34. The van der Waals surface area contributed by atoms with Crippen LogP contribution < -0.4 is 4.74 Å². The molecule has 0 N–H and O–H groups in total. The van der Waals surface area contributed by atoms with Gasteiger partial charge in [-0.15, -0.1) is 6.58 Å². The average Bonchev–Trinajstić information content (AvgIpc) is 2.27. The van der Waals surface area contributed by atoms with E-state index in [0.717, 1.165) is 30.4 Å². The summed E-state index contributed by atoms with van der Waals surface area (Å²) in [4.78, 5) is 10.6. The molecule has 0 heterocycles. The van der Waals surface area contributed by atoms with E-state index >= 15 is 0 Å². The van der Waals surface area contributed by atoms with Crippen LogP contribution in [0.15, 0.2) is 30.9 Å². The van der Waals surface area contributed by atoms with Crippen molar-refractivity contribution in [3.8, 4) is 5.75 Å². The first kappa shape index (κ1) is 11.5. The minimum Gasteiger partial charge on any atom is -0.493 e. The quantitative estimate of drug-likeness (QED) is 0.526. The third-order valence-corrected chi connectivity index (χ3v) is 2.05. The van der Waals surface area contributed by atoms with Gasteiger partial charge in [0, 0.05) is 5.56 Å². The first-order chi connectivity index (χ1) is 7.31. The van der Waals surface area contributed by atoms with Crippen LogP contribution in [0.1, 0.15) is 29.3 Å². The van der Waals surface area contributed by atoms with Crippen LogP contribution in [-0.4, -0.2) is 12.9 Å². The maximum Gasteiger partial charge on any atom is 0.150 e. The van der Waals surface area contributed by atoms with Gasteiger partial charge in [-0.25, -0.2) is 0 Å². The Bertz CT molecular complexity index is 342. The van der Waals surface area contributed by atoms with Crippen molar-refractivity contribution in [3.05, 3.63) is 42.0 Å². The van der Waals surface area contributed by atoms with E-state index in [2.05, 4.69) is 13.5 Å². The predicted octanol–water partition coefficient (Wildman–Crippen LogP) is 3.02. The van der Waals surface area contributed by atoms with Gasteiger partial charge in [0.05, 0.1) is 6.61 Å². The van der Waals surface area contributed by atoms with Crippen LogP contribution in [0.25, 0.3) is 0 Å². The summed E-state index contributed by atoms with van der Waals surface area (Å²) < 4.78 is 5.57. The van der Waals surface area contributed by atoms with E-state index in [-0.39, 0.29) is 0 Å². The summed E-state index contributed by atoms with van der Waals surface area (Å²) in [5, 5.41) is 0. The van der Waals surface area contributed by atoms with Crippen molar-refractivity contribution in [2.24, 2.45) is 0 Å². The highest BCUT2D eigenvalue weighted by atomic mass is 16.5. The third-order valence-electron chi connectivity index (χ3n) is 2.05. The highest BCUT2D eigenvalue weighted by Gasteiger charge is 2.03. The third kappa shape index (κ3) is 3.24. The van der Waals surface area contributed by atoms with Crippen LogP contribution in [0.3, 0.4) is 0 Å². The average molecular weight is 204 g/mol. The van der Waals surface area contributed by atoms with E-state index in [0.29, 0.717) is 12.2 Å². The molecule has 0 saturated heterocycles. The van der Waals surface area contributed by atoms with Crippen molar-refractivity contribution in [2.45, 2.75) is 19.8 Å². The van der Waals surface area contributed by atoms with Crippen molar-refractivity contribution >= 4 is 6.29 Å². The van der Waals surface area contributed by atoms with Crippen LogP contribution in [-0.2, 0) is 6.42 Å². The minimum absolute atomic E-state index is 0.677. The first-order valence-electron chi connectivity index (χ1n) is 5.13. The van der Waals surface area contributed by atoms with Crippen LogP contribution in [0, 0.1) is 0 Å². The van der Waals surface area contributed by atoms with E-state index in [1.807, 2.05) is 18.2 Å². The molecule has 0 aromatic heterocycles. The zero-order chi connectivity index (χ0) is 11.1. The van der Waals surface area contributed by atoms with Gasteiger partial charge in [0.2, 0.25) is 0 Å². The number of hydrogen-bond donors (Lipinski definition) is 0. The Morgan fingerprint density at radius 3 is 2.87 bits per heavy atom. The maximum absolute atomic E-state index is 10.6. The molecule has 2 heteroatoms. The number of benzene rings is 1. The van der Waals surface area contributed by atoms with Crippen molar-refractivity contribution in [3.63, 3.8) is 0 Å². The molecule has 0 aliphatic carbocycles. The van der Waals surface area contributed by atoms with Gasteiger partial charge in [0.1, 0.15) is 12.0 Å². The summed E-state index contributed by atoms with van der Waals surface area (Å²) in [6.07, 6.45) is 4.35. The molecule has 0 atom stereocenters. The van der Waals surface area contributed by atoms with E-state index in [4.69, 9.17) is 4.74 Å². The Kier molecular flexibility index (Phi) is 4.61. The second kappa shape index (κ2) is 6.02. The van der Waals surface area contributed by atoms with E-state index in [1.165, 1.54) is 0 Å². The molecule has 0 spiro atoms. The molecule has 0 amide bonds.